The molecule has 0 atom stereocenters. The molecule has 5 rings (SSSR count). The summed E-state index contributed by atoms with van der Waals surface area (Å²) >= 11 is 0. The molecule has 7 nitrogen and oxygen atoms in total. The monoisotopic (exact) mass is 479 g/mol. The zero-order chi connectivity index (χ0) is 22.5. The quantitative estimate of drug-likeness (QED) is 0.322. The average Bonchev–Trinajstić information content (AvgIpc) is 3.50. The molecule has 176 valence electrons. The fourth-order valence-electron chi connectivity index (χ4n) is 4.04. The van der Waals surface area contributed by atoms with Gasteiger partial charge in [0, 0.05) is 24.4 Å². The summed E-state index contributed by atoms with van der Waals surface area (Å²) in [6.07, 6.45) is 8.70. The smallest absolute Gasteiger partial charge is 0.255 e. The Morgan fingerprint density at radius 2 is 1.85 bits per heavy atom. The zero-order valence-electron chi connectivity index (χ0n) is 18.6. The predicted molar refractivity (Wildman–Crippen MR) is 132 cm³/mol. The maximum absolute atomic E-state index is 12.5. The molecule has 2 heterocycles. The van der Waals surface area contributed by atoms with Crippen molar-refractivity contribution in [2.45, 2.75) is 38.2 Å². The van der Waals surface area contributed by atoms with Crippen LogP contribution in [-0.4, -0.2) is 28.8 Å². The molecule has 0 saturated heterocycles. The number of nitrogens with one attached hydrogen (secondary N) is 1. The molecule has 0 aliphatic heterocycles. The van der Waals surface area contributed by atoms with Gasteiger partial charge in [0.15, 0.2) is 18.3 Å². The number of fused-ring (bicyclic) bond motifs is 1. The fourth-order valence-corrected chi connectivity index (χ4v) is 4.04. The van der Waals surface area contributed by atoms with Gasteiger partial charge in [0.25, 0.3) is 5.91 Å². The van der Waals surface area contributed by atoms with Crippen LogP contribution in [0.4, 0.5) is 5.69 Å². The van der Waals surface area contributed by atoms with Crippen LogP contribution in [0, 0.1) is 0 Å². The van der Waals surface area contributed by atoms with Crippen molar-refractivity contribution in [3.63, 3.8) is 0 Å². The number of oxazole rings is 1. The minimum atomic E-state index is -0.229. The molecule has 1 aliphatic rings. The van der Waals surface area contributed by atoms with E-state index in [1.165, 1.54) is 12.8 Å². The predicted octanol–water partition coefficient (Wildman–Crippen LogP) is 5.78. The van der Waals surface area contributed by atoms with E-state index in [0.29, 0.717) is 40.8 Å². The first-order valence-corrected chi connectivity index (χ1v) is 11.2. The molecule has 0 bridgehead atoms. The SMILES string of the molecule is Cl.O=C(Nc1cccc2nc(Cc3cccc(OCOC4CCCC4)c3)oc12)c1ccncc1. The van der Waals surface area contributed by atoms with Gasteiger partial charge in [-0.3, -0.25) is 9.78 Å². The normalized spacial score (nSPS) is 13.5. The lowest BCUT2D eigenvalue weighted by Gasteiger charge is -2.12. The summed E-state index contributed by atoms with van der Waals surface area (Å²) in [4.78, 5) is 21.1. The fraction of sp³-hybridized carbons (Fsp3) is 0.269. The second-order valence-electron chi connectivity index (χ2n) is 8.11. The van der Waals surface area contributed by atoms with Gasteiger partial charge in [0.2, 0.25) is 0 Å². The minimum absolute atomic E-state index is 0. The Hall–Kier alpha value is -3.42. The lowest BCUT2D eigenvalue weighted by molar-refractivity contribution is -0.0325. The van der Waals surface area contributed by atoms with Gasteiger partial charge in [0.1, 0.15) is 11.3 Å². The van der Waals surface area contributed by atoms with Crippen LogP contribution in [0.3, 0.4) is 0 Å². The van der Waals surface area contributed by atoms with Crippen molar-refractivity contribution in [3.05, 3.63) is 84.0 Å². The standard InChI is InChI=1S/C26H25N3O4.ClH/c30-26(19-11-13-27-14-12-19)29-23-10-4-9-22-25(23)33-24(28-22)16-18-5-3-8-21(15-18)32-17-31-20-6-1-2-7-20;/h3-5,8-15,20H,1-2,6-7,16-17H2,(H,29,30);1H. The van der Waals surface area contributed by atoms with E-state index in [9.17, 15) is 4.79 Å². The summed E-state index contributed by atoms with van der Waals surface area (Å²) in [5, 5.41) is 2.90. The summed E-state index contributed by atoms with van der Waals surface area (Å²) in [6, 6.07) is 16.7. The topological polar surface area (TPSA) is 86.5 Å². The molecule has 8 heteroatoms. The van der Waals surface area contributed by atoms with Crippen molar-refractivity contribution < 1.29 is 18.7 Å². The van der Waals surface area contributed by atoms with Gasteiger partial charge in [-0.15, -0.1) is 12.4 Å². The van der Waals surface area contributed by atoms with Crippen molar-refractivity contribution in [1.29, 1.82) is 0 Å². The number of ether oxygens (including phenoxy) is 2. The van der Waals surface area contributed by atoms with Crippen molar-refractivity contribution >= 4 is 35.1 Å². The Balaban J connectivity index is 0.00000274. The largest absolute Gasteiger partial charge is 0.468 e. The van der Waals surface area contributed by atoms with Crippen LogP contribution in [0.25, 0.3) is 11.1 Å². The summed E-state index contributed by atoms with van der Waals surface area (Å²) in [5.74, 6) is 1.09. The van der Waals surface area contributed by atoms with E-state index < -0.39 is 0 Å². The third-order valence-corrected chi connectivity index (χ3v) is 5.74. The summed E-state index contributed by atoms with van der Waals surface area (Å²) in [6.45, 7) is 0.261. The van der Waals surface area contributed by atoms with Crippen LogP contribution in [0.2, 0.25) is 0 Å². The van der Waals surface area contributed by atoms with E-state index in [1.807, 2.05) is 36.4 Å². The highest BCUT2D eigenvalue weighted by molar-refractivity contribution is 6.07. The summed E-state index contributed by atoms with van der Waals surface area (Å²) in [5.41, 5.74) is 3.36. The second kappa shape index (κ2) is 11.1. The lowest BCUT2D eigenvalue weighted by Crippen LogP contribution is -2.12. The molecule has 0 unspecified atom stereocenters. The number of halogens is 1. The first-order valence-electron chi connectivity index (χ1n) is 11.2. The summed E-state index contributed by atoms with van der Waals surface area (Å²) in [7, 11) is 0. The van der Waals surface area contributed by atoms with Crippen LogP contribution < -0.4 is 10.1 Å². The summed E-state index contributed by atoms with van der Waals surface area (Å²) < 4.78 is 17.6. The highest BCUT2D eigenvalue weighted by Gasteiger charge is 2.16. The molecular formula is C26H26ClN3O4. The Labute approximate surface area is 203 Å². The van der Waals surface area contributed by atoms with E-state index in [1.54, 1.807) is 30.6 Å². The van der Waals surface area contributed by atoms with Crippen LogP contribution in [-0.2, 0) is 11.2 Å². The molecular weight excluding hydrogens is 454 g/mol. The highest BCUT2D eigenvalue weighted by Crippen LogP contribution is 2.27. The van der Waals surface area contributed by atoms with Gasteiger partial charge >= 0.3 is 0 Å². The number of aromatic nitrogens is 2. The van der Waals surface area contributed by atoms with Gasteiger partial charge < -0.3 is 19.2 Å². The molecule has 1 aliphatic carbocycles. The molecule has 1 saturated carbocycles. The molecule has 1 amide bonds. The van der Waals surface area contributed by atoms with Crippen LogP contribution in [0.1, 0.15) is 47.5 Å². The maximum atomic E-state index is 12.5. The number of anilines is 1. The molecule has 4 aromatic rings. The molecule has 2 aromatic carbocycles. The van der Waals surface area contributed by atoms with E-state index in [-0.39, 0.29) is 25.1 Å². The van der Waals surface area contributed by atoms with Gasteiger partial charge in [-0.1, -0.05) is 31.0 Å². The number of rotatable bonds is 8. The third-order valence-electron chi connectivity index (χ3n) is 5.74. The molecule has 34 heavy (non-hydrogen) atoms. The Bertz CT molecular complexity index is 1240. The number of hydrogen-bond acceptors (Lipinski definition) is 6. The third kappa shape index (κ3) is 5.73. The minimum Gasteiger partial charge on any atom is -0.468 e. The molecule has 2 aromatic heterocycles. The Kier molecular flexibility index (Phi) is 7.77. The van der Waals surface area contributed by atoms with Gasteiger partial charge in [0.05, 0.1) is 11.8 Å². The Morgan fingerprint density at radius 1 is 1.06 bits per heavy atom. The molecule has 1 N–H and O–H groups in total. The second-order valence-corrected chi connectivity index (χ2v) is 8.11. The number of amides is 1. The zero-order valence-corrected chi connectivity index (χ0v) is 19.4. The number of pyridine rings is 1. The number of carbonyl (C=O) groups is 1. The van der Waals surface area contributed by atoms with Crippen molar-refractivity contribution in [2.24, 2.45) is 0 Å². The first kappa shape index (κ1) is 23.7. The van der Waals surface area contributed by atoms with Crippen LogP contribution in [0.5, 0.6) is 5.75 Å². The lowest BCUT2D eigenvalue weighted by atomic mass is 10.1. The van der Waals surface area contributed by atoms with E-state index >= 15 is 0 Å². The Morgan fingerprint density at radius 3 is 2.68 bits per heavy atom. The molecule has 0 spiro atoms. The highest BCUT2D eigenvalue weighted by atomic mass is 35.5. The number of benzene rings is 2. The van der Waals surface area contributed by atoms with E-state index in [0.717, 1.165) is 24.2 Å². The van der Waals surface area contributed by atoms with Gasteiger partial charge in [-0.05, 0) is 54.8 Å². The first-order chi connectivity index (χ1) is 16.2. The van der Waals surface area contributed by atoms with Crippen molar-refractivity contribution in [1.82, 2.24) is 9.97 Å². The number of nitrogens with zero attached hydrogens (tertiary/aromatic N) is 2. The van der Waals surface area contributed by atoms with Gasteiger partial charge in [-0.2, -0.15) is 0 Å². The molecule has 1 fully saturated rings. The maximum Gasteiger partial charge on any atom is 0.255 e. The van der Waals surface area contributed by atoms with Crippen molar-refractivity contribution in [3.8, 4) is 5.75 Å². The average molecular weight is 480 g/mol. The van der Waals surface area contributed by atoms with Crippen LogP contribution in [0.15, 0.2) is 71.4 Å². The van der Waals surface area contributed by atoms with E-state index in [4.69, 9.17) is 13.9 Å². The number of hydrogen-bond donors (Lipinski definition) is 1. The number of carbonyl (C=O) groups excluding carboxylic acids is 1. The van der Waals surface area contributed by atoms with Gasteiger partial charge in [-0.25, -0.2) is 4.98 Å². The van der Waals surface area contributed by atoms with Crippen molar-refractivity contribution in [2.75, 3.05) is 12.1 Å². The molecule has 0 radical (unpaired) electrons. The van der Waals surface area contributed by atoms with Crippen LogP contribution >= 0.6 is 12.4 Å². The number of para-hydroxylation sites is 1. The van der Waals surface area contributed by atoms with E-state index in [2.05, 4.69) is 15.3 Å².